The van der Waals surface area contributed by atoms with Crippen LogP contribution in [0.15, 0.2) is 24.3 Å². The van der Waals surface area contributed by atoms with Crippen LogP contribution in [0, 0.1) is 0 Å². The minimum absolute atomic E-state index is 0.254. The van der Waals surface area contributed by atoms with E-state index in [1.807, 2.05) is 36.1 Å². The number of nitrogens with zero attached hydrogens (tertiary/aromatic N) is 1. The molecule has 2 atom stereocenters. The van der Waals surface area contributed by atoms with Crippen molar-refractivity contribution < 1.29 is 9.53 Å². The molecule has 0 saturated carbocycles. The summed E-state index contributed by atoms with van der Waals surface area (Å²) in [5, 5.41) is 3.45. The molecule has 0 radical (unpaired) electrons. The standard InChI is InChI=1S/C17H26N2O2/c1-4-21-16-8-5-15(6-9-16)7-10-17(20)19-11-13(2)18-14(3)12-19/h5-6,8-9,13-14,18H,4,7,10-12H2,1-3H3/t13-,14-/m1/s1. The van der Waals surface area contributed by atoms with Crippen molar-refractivity contribution in [3.05, 3.63) is 29.8 Å². The Hall–Kier alpha value is -1.55. The Morgan fingerprint density at radius 1 is 1.24 bits per heavy atom. The third kappa shape index (κ3) is 4.74. The lowest BCUT2D eigenvalue weighted by Crippen LogP contribution is -2.55. The van der Waals surface area contributed by atoms with E-state index in [2.05, 4.69) is 19.2 Å². The Kier molecular flexibility index (Phi) is 5.62. The van der Waals surface area contributed by atoms with E-state index in [0.29, 0.717) is 25.1 Å². The van der Waals surface area contributed by atoms with Crippen LogP contribution < -0.4 is 10.1 Å². The molecule has 0 spiro atoms. The van der Waals surface area contributed by atoms with Crippen LogP contribution in [-0.2, 0) is 11.2 Å². The number of nitrogens with one attached hydrogen (secondary N) is 1. The number of ether oxygens (including phenoxy) is 1. The van der Waals surface area contributed by atoms with Crippen molar-refractivity contribution in [1.82, 2.24) is 10.2 Å². The Morgan fingerprint density at radius 3 is 2.43 bits per heavy atom. The fraction of sp³-hybridized carbons (Fsp3) is 0.588. The topological polar surface area (TPSA) is 41.6 Å². The molecule has 1 saturated heterocycles. The van der Waals surface area contributed by atoms with Crippen LogP contribution in [0.4, 0.5) is 0 Å². The first-order valence-electron chi connectivity index (χ1n) is 7.84. The van der Waals surface area contributed by atoms with Crippen molar-refractivity contribution in [3.63, 3.8) is 0 Å². The molecule has 1 amide bonds. The predicted octanol–water partition coefficient (Wildman–Crippen LogP) is 2.23. The summed E-state index contributed by atoms with van der Waals surface area (Å²) in [5.74, 6) is 1.14. The fourth-order valence-corrected chi connectivity index (χ4v) is 2.86. The maximum Gasteiger partial charge on any atom is 0.223 e. The first-order chi connectivity index (χ1) is 10.1. The van der Waals surface area contributed by atoms with Crippen molar-refractivity contribution >= 4 is 5.91 Å². The maximum absolute atomic E-state index is 12.3. The molecule has 1 N–H and O–H groups in total. The largest absolute Gasteiger partial charge is 0.494 e. The van der Waals surface area contributed by atoms with E-state index in [1.165, 1.54) is 5.56 Å². The van der Waals surface area contributed by atoms with E-state index in [4.69, 9.17) is 4.74 Å². The second-order valence-corrected chi connectivity index (χ2v) is 5.84. The minimum atomic E-state index is 0.254. The zero-order chi connectivity index (χ0) is 15.2. The molecule has 1 heterocycles. The Labute approximate surface area is 127 Å². The van der Waals surface area contributed by atoms with Crippen molar-refractivity contribution in [1.29, 1.82) is 0 Å². The first-order valence-corrected chi connectivity index (χ1v) is 7.84. The van der Waals surface area contributed by atoms with Crippen molar-refractivity contribution in [3.8, 4) is 5.75 Å². The molecular weight excluding hydrogens is 264 g/mol. The molecule has 0 unspecified atom stereocenters. The summed E-state index contributed by atoms with van der Waals surface area (Å²) in [6.07, 6.45) is 1.37. The van der Waals surface area contributed by atoms with Gasteiger partial charge in [-0.1, -0.05) is 12.1 Å². The number of carbonyl (C=O) groups is 1. The Morgan fingerprint density at radius 2 is 1.86 bits per heavy atom. The van der Waals surface area contributed by atoms with Gasteiger partial charge in [0.1, 0.15) is 5.75 Å². The number of hydrogen-bond donors (Lipinski definition) is 1. The van der Waals surface area contributed by atoms with Gasteiger partial charge in [0, 0.05) is 31.6 Å². The highest BCUT2D eigenvalue weighted by molar-refractivity contribution is 5.76. The molecule has 1 aliphatic rings. The third-order valence-corrected chi connectivity index (χ3v) is 3.77. The number of hydrogen-bond acceptors (Lipinski definition) is 3. The average Bonchev–Trinajstić information content (AvgIpc) is 2.45. The van der Waals surface area contributed by atoms with Crippen LogP contribution in [0.25, 0.3) is 0 Å². The lowest BCUT2D eigenvalue weighted by molar-refractivity contribution is -0.132. The van der Waals surface area contributed by atoms with Crippen LogP contribution in [0.3, 0.4) is 0 Å². The summed E-state index contributed by atoms with van der Waals surface area (Å²) >= 11 is 0. The van der Waals surface area contributed by atoms with E-state index in [9.17, 15) is 4.79 Å². The molecule has 1 fully saturated rings. The molecule has 4 nitrogen and oxygen atoms in total. The molecule has 0 aliphatic carbocycles. The number of piperazine rings is 1. The number of benzene rings is 1. The zero-order valence-corrected chi connectivity index (χ0v) is 13.3. The van der Waals surface area contributed by atoms with E-state index in [1.54, 1.807) is 0 Å². The van der Waals surface area contributed by atoms with Crippen molar-refractivity contribution in [2.24, 2.45) is 0 Å². The summed E-state index contributed by atoms with van der Waals surface area (Å²) < 4.78 is 5.42. The molecule has 21 heavy (non-hydrogen) atoms. The maximum atomic E-state index is 12.3. The van der Waals surface area contributed by atoms with E-state index in [0.717, 1.165) is 25.3 Å². The number of rotatable bonds is 5. The fourth-order valence-electron chi connectivity index (χ4n) is 2.86. The van der Waals surface area contributed by atoms with Crippen molar-refractivity contribution in [2.75, 3.05) is 19.7 Å². The molecule has 1 aliphatic heterocycles. The van der Waals surface area contributed by atoms with Gasteiger partial charge in [-0.05, 0) is 44.9 Å². The second kappa shape index (κ2) is 7.46. The highest BCUT2D eigenvalue weighted by Gasteiger charge is 2.24. The van der Waals surface area contributed by atoms with Gasteiger partial charge in [0.15, 0.2) is 0 Å². The van der Waals surface area contributed by atoms with Gasteiger partial charge in [-0.2, -0.15) is 0 Å². The van der Waals surface area contributed by atoms with Gasteiger partial charge in [-0.15, -0.1) is 0 Å². The van der Waals surface area contributed by atoms with Gasteiger partial charge in [0.05, 0.1) is 6.61 Å². The van der Waals surface area contributed by atoms with Crippen LogP contribution in [-0.4, -0.2) is 42.6 Å². The molecule has 0 aromatic heterocycles. The summed E-state index contributed by atoms with van der Waals surface area (Å²) in [4.78, 5) is 14.3. The summed E-state index contributed by atoms with van der Waals surface area (Å²) in [6.45, 7) is 8.53. The Balaban J connectivity index is 1.83. The van der Waals surface area contributed by atoms with Gasteiger partial charge >= 0.3 is 0 Å². The number of aryl methyl sites for hydroxylation is 1. The van der Waals surface area contributed by atoms with Gasteiger partial charge in [0.2, 0.25) is 5.91 Å². The second-order valence-electron chi connectivity index (χ2n) is 5.84. The zero-order valence-electron chi connectivity index (χ0n) is 13.3. The summed E-state index contributed by atoms with van der Waals surface area (Å²) in [6, 6.07) is 8.78. The van der Waals surface area contributed by atoms with Crippen LogP contribution in [0.5, 0.6) is 5.75 Å². The van der Waals surface area contributed by atoms with Gasteiger partial charge in [0.25, 0.3) is 0 Å². The van der Waals surface area contributed by atoms with Gasteiger partial charge < -0.3 is 15.0 Å². The number of amides is 1. The molecule has 116 valence electrons. The van der Waals surface area contributed by atoms with E-state index in [-0.39, 0.29) is 5.91 Å². The minimum Gasteiger partial charge on any atom is -0.494 e. The smallest absolute Gasteiger partial charge is 0.223 e. The van der Waals surface area contributed by atoms with E-state index < -0.39 is 0 Å². The molecule has 2 rings (SSSR count). The van der Waals surface area contributed by atoms with Crippen LogP contribution in [0.2, 0.25) is 0 Å². The lowest BCUT2D eigenvalue weighted by atomic mass is 10.1. The van der Waals surface area contributed by atoms with Crippen molar-refractivity contribution in [2.45, 2.75) is 45.7 Å². The highest BCUT2D eigenvalue weighted by Crippen LogP contribution is 2.14. The molecule has 1 aromatic carbocycles. The summed E-state index contributed by atoms with van der Waals surface area (Å²) in [7, 11) is 0. The molecule has 4 heteroatoms. The third-order valence-electron chi connectivity index (χ3n) is 3.77. The molecular formula is C17H26N2O2. The van der Waals surface area contributed by atoms with Crippen LogP contribution >= 0.6 is 0 Å². The average molecular weight is 290 g/mol. The normalized spacial score (nSPS) is 22.1. The predicted molar refractivity (Wildman–Crippen MR) is 84.6 cm³/mol. The Bertz CT molecular complexity index is 448. The molecule has 1 aromatic rings. The monoisotopic (exact) mass is 290 g/mol. The highest BCUT2D eigenvalue weighted by atomic mass is 16.5. The first kappa shape index (κ1) is 15.8. The SMILES string of the molecule is CCOc1ccc(CCC(=O)N2C[C@@H](C)N[C@H](C)C2)cc1. The quantitative estimate of drug-likeness (QED) is 0.904. The lowest BCUT2D eigenvalue weighted by Gasteiger charge is -2.36. The number of carbonyl (C=O) groups excluding carboxylic acids is 1. The van der Waals surface area contributed by atoms with Gasteiger partial charge in [-0.3, -0.25) is 4.79 Å². The molecule has 0 bridgehead atoms. The van der Waals surface area contributed by atoms with Gasteiger partial charge in [-0.25, -0.2) is 0 Å². The summed E-state index contributed by atoms with van der Waals surface area (Å²) in [5.41, 5.74) is 1.18. The van der Waals surface area contributed by atoms with Crippen LogP contribution in [0.1, 0.15) is 32.8 Å². The van der Waals surface area contributed by atoms with E-state index >= 15 is 0 Å².